The second kappa shape index (κ2) is 6.21. The fourth-order valence-corrected chi connectivity index (χ4v) is 1.69. The molecule has 1 rings (SSSR count). The molecule has 0 radical (unpaired) electrons. The molecule has 3 N–H and O–H groups in total. The minimum Gasteiger partial charge on any atom is -0.349 e. The highest BCUT2D eigenvalue weighted by atomic mass is 35.5. The summed E-state index contributed by atoms with van der Waals surface area (Å²) in [7, 11) is 0. The van der Waals surface area contributed by atoms with Crippen molar-refractivity contribution in [2.24, 2.45) is 11.1 Å². The number of nitrogens with two attached hydrogens (primary N) is 1. The van der Waals surface area contributed by atoms with Crippen LogP contribution in [0, 0.1) is 5.41 Å². The lowest BCUT2D eigenvalue weighted by molar-refractivity contribution is -0.129. The van der Waals surface area contributed by atoms with Gasteiger partial charge in [0.15, 0.2) is 0 Å². The van der Waals surface area contributed by atoms with Gasteiger partial charge in [0, 0.05) is 11.6 Å². The number of rotatable bonds is 5. The summed E-state index contributed by atoms with van der Waals surface area (Å²) in [6, 6.07) is 7.54. The van der Waals surface area contributed by atoms with E-state index in [4.69, 9.17) is 17.3 Å². The predicted molar refractivity (Wildman–Crippen MR) is 75.5 cm³/mol. The lowest BCUT2D eigenvalue weighted by Gasteiger charge is -2.26. The van der Waals surface area contributed by atoms with Gasteiger partial charge in [0.1, 0.15) is 0 Å². The largest absolute Gasteiger partial charge is 0.349 e. The normalized spacial score (nSPS) is 13.2. The van der Waals surface area contributed by atoms with E-state index in [1.807, 2.05) is 45.0 Å². The van der Waals surface area contributed by atoms with E-state index < -0.39 is 5.41 Å². The maximum atomic E-state index is 12.1. The highest BCUT2D eigenvalue weighted by Gasteiger charge is 2.27. The molecule has 0 aliphatic rings. The standard InChI is InChI=1S/C14H21ClN2O/c1-4-12(10-5-7-11(15)8-6-10)17-13(18)14(2,3)9-16/h5-8,12H,4,9,16H2,1-3H3,(H,17,18). The quantitative estimate of drug-likeness (QED) is 0.863. The Kier molecular flexibility index (Phi) is 5.17. The van der Waals surface area contributed by atoms with Crippen molar-refractivity contribution in [3.63, 3.8) is 0 Å². The molecular formula is C14H21ClN2O. The van der Waals surface area contributed by atoms with E-state index in [2.05, 4.69) is 5.32 Å². The van der Waals surface area contributed by atoms with E-state index in [9.17, 15) is 4.79 Å². The molecule has 18 heavy (non-hydrogen) atoms. The van der Waals surface area contributed by atoms with Crippen LogP contribution in [-0.2, 0) is 4.79 Å². The molecule has 0 fully saturated rings. The molecule has 0 bridgehead atoms. The molecule has 1 aromatic carbocycles. The maximum Gasteiger partial charge on any atom is 0.227 e. The highest BCUT2D eigenvalue weighted by Crippen LogP contribution is 2.21. The van der Waals surface area contributed by atoms with Gasteiger partial charge in [-0.3, -0.25) is 4.79 Å². The molecular weight excluding hydrogens is 248 g/mol. The number of benzene rings is 1. The molecule has 1 unspecified atom stereocenters. The molecule has 1 amide bonds. The van der Waals surface area contributed by atoms with E-state index in [-0.39, 0.29) is 11.9 Å². The number of carbonyl (C=O) groups is 1. The molecule has 3 nitrogen and oxygen atoms in total. The van der Waals surface area contributed by atoms with Crippen LogP contribution in [0.3, 0.4) is 0 Å². The topological polar surface area (TPSA) is 55.1 Å². The number of carbonyl (C=O) groups excluding carboxylic acids is 1. The zero-order chi connectivity index (χ0) is 13.8. The Balaban J connectivity index is 2.80. The first-order valence-corrected chi connectivity index (χ1v) is 6.55. The van der Waals surface area contributed by atoms with Gasteiger partial charge in [0.25, 0.3) is 0 Å². The number of nitrogens with one attached hydrogen (secondary N) is 1. The molecule has 1 aromatic rings. The Morgan fingerprint density at radius 1 is 1.39 bits per heavy atom. The van der Waals surface area contributed by atoms with Crippen LogP contribution in [0.2, 0.25) is 5.02 Å². The summed E-state index contributed by atoms with van der Waals surface area (Å²) in [6.45, 7) is 6.05. The Morgan fingerprint density at radius 3 is 2.39 bits per heavy atom. The van der Waals surface area contributed by atoms with Crippen molar-refractivity contribution in [1.82, 2.24) is 5.32 Å². The van der Waals surface area contributed by atoms with Crippen LogP contribution in [0.15, 0.2) is 24.3 Å². The molecule has 4 heteroatoms. The molecule has 0 saturated carbocycles. The van der Waals surface area contributed by atoms with Gasteiger partial charge in [-0.25, -0.2) is 0 Å². The first-order chi connectivity index (χ1) is 8.40. The molecule has 0 aliphatic carbocycles. The molecule has 0 aliphatic heterocycles. The van der Waals surface area contributed by atoms with Crippen LogP contribution in [0.1, 0.15) is 38.8 Å². The summed E-state index contributed by atoms with van der Waals surface area (Å²) in [5.41, 5.74) is 6.12. The Morgan fingerprint density at radius 2 is 1.94 bits per heavy atom. The lowest BCUT2D eigenvalue weighted by Crippen LogP contribution is -2.43. The Hall–Kier alpha value is -1.06. The van der Waals surface area contributed by atoms with Crippen molar-refractivity contribution in [2.45, 2.75) is 33.2 Å². The average Bonchev–Trinajstić information content (AvgIpc) is 2.36. The second-order valence-electron chi connectivity index (χ2n) is 5.07. The van der Waals surface area contributed by atoms with Gasteiger partial charge in [-0.05, 0) is 38.0 Å². The van der Waals surface area contributed by atoms with Gasteiger partial charge in [0.05, 0.1) is 11.5 Å². The van der Waals surface area contributed by atoms with Crippen molar-refractivity contribution < 1.29 is 4.79 Å². The fourth-order valence-electron chi connectivity index (χ4n) is 1.56. The van der Waals surface area contributed by atoms with Gasteiger partial charge >= 0.3 is 0 Å². The molecule has 0 aromatic heterocycles. The SMILES string of the molecule is CCC(NC(=O)C(C)(C)CN)c1ccc(Cl)cc1. The zero-order valence-corrected chi connectivity index (χ0v) is 11.9. The van der Waals surface area contributed by atoms with Gasteiger partial charge in [-0.15, -0.1) is 0 Å². The first-order valence-electron chi connectivity index (χ1n) is 6.17. The third-order valence-corrected chi connectivity index (χ3v) is 3.36. The van der Waals surface area contributed by atoms with Crippen molar-refractivity contribution in [2.75, 3.05) is 6.54 Å². The van der Waals surface area contributed by atoms with Crippen LogP contribution in [0.4, 0.5) is 0 Å². The van der Waals surface area contributed by atoms with Crippen molar-refractivity contribution >= 4 is 17.5 Å². The van der Waals surface area contributed by atoms with Crippen molar-refractivity contribution in [3.05, 3.63) is 34.9 Å². The fraction of sp³-hybridized carbons (Fsp3) is 0.500. The van der Waals surface area contributed by atoms with Crippen molar-refractivity contribution in [3.8, 4) is 0 Å². The number of amides is 1. The highest BCUT2D eigenvalue weighted by molar-refractivity contribution is 6.30. The van der Waals surface area contributed by atoms with E-state index in [0.717, 1.165) is 12.0 Å². The average molecular weight is 269 g/mol. The van der Waals surface area contributed by atoms with E-state index in [1.54, 1.807) is 0 Å². The predicted octanol–water partition coefficient (Wildman–Crippen LogP) is 2.89. The lowest BCUT2D eigenvalue weighted by atomic mass is 9.91. The smallest absolute Gasteiger partial charge is 0.227 e. The van der Waals surface area contributed by atoms with Crippen LogP contribution in [0.5, 0.6) is 0 Å². The summed E-state index contributed by atoms with van der Waals surface area (Å²) in [4.78, 5) is 12.1. The van der Waals surface area contributed by atoms with Crippen LogP contribution >= 0.6 is 11.6 Å². The van der Waals surface area contributed by atoms with Gasteiger partial charge in [0.2, 0.25) is 5.91 Å². The van der Waals surface area contributed by atoms with Crippen LogP contribution < -0.4 is 11.1 Å². The minimum absolute atomic E-state index is 0.000548. The Bertz CT molecular complexity index is 401. The van der Waals surface area contributed by atoms with Crippen molar-refractivity contribution in [1.29, 1.82) is 0 Å². The first kappa shape index (κ1) is 15.0. The van der Waals surface area contributed by atoms with E-state index in [0.29, 0.717) is 11.6 Å². The zero-order valence-electron chi connectivity index (χ0n) is 11.2. The monoisotopic (exact) mass is 268 g/mol. The molecule has 0 saturated heterocycles. The number of hydrogen-bond donors (Lipinski definition) is 2. The molecule has 0 spiro atoms. The van der Waals surface area contributed by atoms with Gasteiger partial charge < -0.3 is 11.1 Å². The summed E-state index contributed by atoms with van der Waals surface area (Å²) in [6.07, 6.45) is 0.827. The third kappa shape index (κ3) is 3.72. The van der Waals surface area contributed by atoms with Crippen LogP contribution in [-0.4, -0.2) is 12.5 Å². The minimum atomic E-state index is -0.542. The Labute approximate surface area is 114 Å². The summed E-state index contributed by atoms with van der Waals surface area (Å²) < 4.78 is 0. The van der Waals surface area contributed by atoms with Gasteiger partial charge in [-0.2, -0.15) is 0 Å². The second-order valence-corrected chi connectivity index (χ2v) is 5.51. The molecule has 0 heterocycles. The molecule has 1 atom stereocenters. The summed E-state index contributed by atoms with van der Waals surface area (Å²) >= 11 is 5.86. The molecule has 100 valence electrons. The van der Waals surface area contributed by atoms with E-state index >= 15 is 0 Å². The number of halogens is 1. The third-order valence-electron chi connectivity index (χ3n) is 3.11. The van der Waals surface area contributed by atoms with E-state index in [1.165, 1.54) is 0 Å². The summed E-state index contributed by atoms with van der Waals surface area (Å²) in [5.74, 6) is -0.0215. The van der Waals surface area contributed by atoms with Crippen LogP contribution in [0.25, 0.3) is 0 Å². The van der Waals surface area contributed by atoms with Gasteiger partial charge in [-0.1, -0.05) is 30.7 Å². The maximum absolute atomic E-state index is 12.1. The summed E-state index contributed by atoms with van der Waals surface area (Å²) in [5, 5.41) is 3.73. The number of hydrogen-bond acceptors (Lipinski definition) is 2.